The van der Waals surface area contributed by atoms with Crippen molar-refractivity contribution < 1.29 is 13.6 Å². The Morgan fingerprint density at radius 2 is 2.03 bits per heavy atom. The minimum Gasteiger partial charge on any atom is -0.373 e. The molecule has 2 fully saturated rings. The molecule has 3 aromatic heterocycles. The van der Waals surface area contributed by atoms with E-state index < -0.39 is 18.1 Å². The number of amides is 1. The number of piperidine rings is 1. The number of likely N-dealkylation sites (tertiary alicyclic amines) is 1. The zero-order valence-electron chi connectivity index (χ0n) is 20.1. The van der Waals surface area contributed by atoms with Gasteiger partial charge in [-0.3, -0.25) is 9.59 Å². The van der Waals surface area contributed by atoms with Crippen LogP contribution in [0.3, 0.4) is 0 Å². The zero-order valence-corrected chi connectivity index (χ0v) is 20.1. The topological polar surface area (TPSA) is 109 Å². The lowest BCUT2D eigenvalue weighted by Crippen LogP contribution is -2.48. The van der Waals surface area contributed by atoms with E-state index in [1.165, 1.54) is 10.7 Å². The average molecular weight is 501 g/mol. The number of nitrogens with zero attached hydrogens (tertiary/aromatic N) is 5. The Morgan fingerprint density at radius 1 is 1.22 bits per heavy atom. The molecule has 0 aromatic carbocycles. The largest absolute Gasteiger partial charge is 0.373 e. The quantitative estimate of drug-likeness (QED) is 0.436. The van der Waals surface area contributed by atoms with Crippen molar-refractivity contribution in [3.63, 3.8) is 0 Å². The molecule has 0 bridgehead atoms. The number of anilines is 3. The number of alkyl halides is 2. The molecule has 1 aliphatic heterocycles. The first kappa shape index (κ1) is 24.2. The maximum Gasteiger partial charge on any atom is 0.274 e. The number of carbonyl (C=O) groups is 1. The number of hydrogen-bond donors (Lipinski definition) is 3. The van der Waals surface area contributed by atoms with Gasteiger partial charge in [-0.25, -0.2) is 13.8 Å². The molecule has 4 heterocycles. The van der Waals surface area contributed by atoms with Crippen molar-refractivity contribution in [3.8, 4) is 0 Å². The van der Waals surface area contributed by atoms with Crippen LogP contribution < -0.4 is 21.5 Å². The van der Waals surface area contributed by atoms with Gasteiger partial charge in [0.25, 0.3) is 11.5 Å². The van der Waals surface area contributed by atoms with Gasteiger partial charge in [-0.1, -0.05) is 0 Å². The fraction of sp³-hybridized carbons (Fsp3) is 0.500. The second-order valence-electron chi connectivity index (χ2n) is 9.26. The zero-order chi connectivity index (χ0) is 25.2. The summed E-state index contributed by atoms with van der Waals surface area (Å²) in [7, 11) is 1.72. The summed E-state index contributed by atoms with van der Waals surface area (Å²) in [6.45, 7) is 1.55. The molecule has 192 valence electrons. The maximum absolute atomic E-state index is 13.7. The lowest BCUT2D eigenvalue weighted by atomic mass is 9.90. The van der Waals surface area contributed by atoms with Gasteiger partial charge in [-0.2, -0.15) is 9.61 Å². The lowest BCUT2D eigenvalue weighted by molar-refractivity contribution is 0.0826. The minimum absolute atomic E-state index is 0.0365. The highest BCUT2D eigenvalue weighted by Crippen LogP contribution is 2.26. The number of halogens is 2. The SMILES string of the molecule is CNc1cc(Nc2cccn(C3CCN(CCF)CC3)c2=O)nc2c(C(=O)N[C@@H]3CC[C@H]3F)cnn12. The molecule has 1 amide bonds. The van der Waals surface area contributed by atoms with Crippen LogP contribution in [-0.4, -0.2) is 75.5 Å². The van der Waals surface area contributed by atoms with E-state index in [4.69, 9.17) is 0 Å². The molecule has 0 unspecified atom stereocenters. The van der Waals surface area contributed by atoms with E-state index in [2.05, 4.69) is 30.9 Å². The van der Waals surface area contributed by atoms with Gasteiger partial charge in [-0.15, -0.1) is 0 Å². The van der Waals surface area contributed by atoms with E-state index in [9.17, 15) is 18.4 Å². The summed E-state index contributed by atoms with van der Waals surface area (Å²) in [6, 6.07) is 4.72. The second-order valence-corrected chi connectivity index (χ2v) is 9.26. The van der Waals surface area contributed by atoms with E-state index in [0.717, 1.165) is 25.9 Å². The number of rotatable bonds is 8. The predicted octanol–water partition coefficient (Wildman–Crippen LogP) is 2.51. The molecule has 10 nitrogen and oxygen atoms in total. The minimum atomic E-state index is -1.04. The first-order chi connectivity index (χ1) is 17.5. The van der Waals surface area contributed by atoms with Gasteiger partial charge in [0, 0.05) is 45.0 Å². The van der Waals surface area contributed by atoms with Crippen LogP contribution in [0.1, 0.15) is 42.1 Å². The molecule has 12 heteroatoms. The smallest absolute Gasteiger partial charge is 0.274 e. The summed E-state index contributed by atoms with van der Waals surface area (Å²) in [6.07, 6.45) is 4.73. The molecule has 0 radical (unpaired) electrons. The van der Waals surface area contributed by atoms with E-state index in [-0.39, 0.29) is 29.5 Å². The van der Waals surface area contributed by atoms with Crippen molar-refractivity contribution in [3.05, 3.63) is 46.5 Å². The van der Waals surface area contributed by atoms with Crippen LogP contribution >= 0.6 is 0 Å². The fourth-order valence-electron chi connectivity index (χ4n) is 4.80. The average Bonchev–Trinajstić information content (AvgIpc) is 3.32. The molecule has 1 saturated heterocycles. The number of carbonyl (C=O) groups excluding carboxylic acids is 1. The summed E-state index contributed by atoms with van der Waals surface area (Å²) in [5.41, 5.74) is 0.676. The Labute approximate surface area is 206 Å². The van der Waals surface area contributed by atoms with E-state index >= 15 is 0 Å². The highest BCUT2D eigenvalue weighted by molar-refractivity contribution is 6.00. The molecule has 1 saturated carbocycles. The molecule has 36 heavy (non-hydrogen) atoms. The summed E-state index contributed by atoms with van der Waals surface area (Å²) >= 11 is 0. The van der Waals surface area contributed by atoms with Crippen molar-refractivity contribution >= 4 is 28.9 Å². The van der Waals surface area contributed by atoms with Crippen molar-refractivity contribution in [2.75, 3.05) is 44.0 Å². The highest BCUT2D eigenvalue weighted by atomic mass is 19.1. The second kappa shape index (κ2) is 10.2. The van der Waals surface area contributed by atoms with Gasteiger partial charge in [-0.05, 0) is 37.8 Å². The summed E-state index contributed by atoms with van der Waals surface area (Å²) in [5.74, 6) is 0.483. The van der Waals surface area contributed by atoms with E-state index in [0.29, 0.717) is 36.7 Å². The third-order valence-electron chi connectivity index (χ3n) is 7.07. The van der Waals surface area contributed by atoms with Crippen LogP contribution in [0.5, 0.6) is 0 Å². The fourth-order valence-corrected chi connectivity index (χ4v) is 4.80. The van der Waals surface area contributed by atoms with Gasteiger partial charge >= 0.3 is 0 Å². The van der Waals surface area contributed by atoms with E-state index in [1.807, 2.05) is 0 Å². The summed E-state index contributed by atoms with van der Waals surface area (Å²) in [5, 5.41) is 13.1. The third-order valence-corrected chi connectivity index (χ3v) is 7.07. The molecule has 1 aliphatic carbocycles. The van der Waals surface area contributed by atoms with Crippen LogP contribution in [0.2, 0.25) is 0 Å². The summed E-state index contributed by atoms with van der Waals surface area (Å²) in [4.78, 5) is 32.7. The lowest BCUT2D eigenvalue weighted by Gasteiger charge is -2.32. The van der Waals surface area contributed by atoms with Crippen LogP contribution in [0.25, 0.3) is 5.65 Å². The monoisotopic (exact) mass is 500 g/mol. The Morgan fingerprint density at radius 3 is 2.69 bits per heavy atom. The van der Waals surface area contributed by atoms with Gasteiger partial charge in [0.15, 0.2) is 5.65 Å². The van der Waals surface area contributed by atoms with Crippen LogP contribution in [-0.2, 0) is 0 Å². The van der Waals surface area contributed by atoms with Crippen LogP contribution in [0.4, 0.5) is 26.1 Å². The number of aromatic nitrogens is 4. The van der Waals surface area contributed by atoms with Gasteiger partial charge in [0.1, 0.15) is 35.7 Å². The highest BCUT2D eigenvalue weighted by Gasteiger charge is 2.33. The standard InChI is InChI=1S/C24H30F2N8O2/c1-27-21-13-20(31-22-16(14-28-34(21)22)23(35)30-18-5-4-17(18)26)29-19-3-2-9-33(24(19)36)15-6-10-32(11-7-15)12-8-25/h2-3,9,13-15,17-18,27H,4-8,10-12H2,1H3,(H,29,31)(H,30,35)/t17-,18-/m1/s1. The van der Waals surface area contributed by atoms with Crippen molar-refractivity contribution in [1.82, 2.24) is 29.4 Å². The van der Waals surface area contributed by atoms with Gasteiger partial charge < -0.3 is 25.4 Å². The van der Waals surface area contributed by atoms with Crippen LogP contribution in [0, 0.1) is 0 Å². The third kappa shape index (κ3) is 4.64. The molecular formula is C24H30F2N8O2. The molecule has 0 spiro atoms. The summed E-state index contributed by atoms with van der Waals surface area (Å²) < 4.78 is 29.5. The number of nitrogens with one attached hydrogen (secondary N) is 3. The molecule has 2 atom stereocenters. The molecule has 5 rings (SSSR count). The Balaban J connectivity index is 1.40. The predicted molar refractivity (Wildman–Crippen MR) is 133 cm³/mol. The van der Waals surface area contributed by atoms with E-state index in [1.54, 1.807) is 36.0 Å². The molecule has 2 aliphatic rings. The Bertz CT molecular complexity index is 1300. The first-order valence-electron chi connectivity index (χ1n) is 12.3. The normalized spacial score (nSPS) is 20.8. The van der Waals surface area contributed by atoms with Crippen molar-refractivity contribution in [1.29, 1.82) is 0 Å². The van der Waals surface area contributed by atoms with Crippen LogP contribution in [0.15, 0.2) is 35.4 Å². The van der Waals surface area contributed by atoms with Gasteiger partial charge in [0.2, 0.25) is 0 Å². The number of fused-ring (bicyclic) bond motifs is 1. The Kier molecular flexibility index (Phi) is 6.86. The Hall–Kier alpha value is -3.54. The first-order valence-corrected chi connectivity index (χ1v) is 12.3. The number of hydrogen-bond acceptors (Lipinski definition) is 7. The van der Waals surface area contributed by atoms with Crippen molar-refractivity contribution in [2.24, 2.45) is 0 Å². The molecule has 3 N–H and O–H groups in total. The maximum atomic E-state index is 13.7. The van der Waals surface area contributed by atoms with Gasteiger partial charge in [0.05, 0.1) is 12.2 Å². The molecule has 3 aromatic rings. The molecular weight excluding hydrogens is 470 g/mol. The van der Waals surface area contributed by atoms with Crippen molar-refractivity contribution in [2.45, 2.75) is 43.9 Å². The number of pyridine rings is 1.